The van der Waals surface area contributed by atoms with Gasteiger partial charge in [-0.2, -0.15) is 0 Å². The Labute approximate surface area is 165 Å². The van der Waals surface area contributed by atoms with Crippen molar-refractivity contribution in [1.82, 2.24) is 0 Å². The zero-order valence-electron chi connectivity index (χ0n) is 16.3. The largest absolute Gasteiger partial charge is 0.459 e. The van der Waals surface area contributed by atoms with Crippen LogP contribution in [0.25, 0.3) is 0 Å². The quantitative estimate of drug-likeness (QED) is 0.683. The predicted octanol–water partition coefficient (Wildman–Crippen LogP) is 3.37. The van der Waals surface area contributed by atoms with Gasteiger partial charge in [-0.05, 0) is 55.7 Å². The van der Waals surface area contributed by atoms with E-state index in [0.717, 1.165) is 12.0 Å². The summed E-state index contributed by atoms with van der Waals surface area (Å²) >= 11 is 0. The SMILES string of the molecule is CCc1ccc(NC(=O)CS(=O)(=O)Cc2ccc(C(=O)OC(C)C)cc2)cc1. The van der Waals surface area contributed by atoms with Crippen molar-refractivity contribution in [2.24, 2.45) is 0 Å². The lowest BCUT2D eigenvalue weighted by Gasteiger charge is -2.09. The van der Waals surface area contributed by atoms with Crippen molar-refractivity contribution in [3.8, 4) is 0 Å². The van der Waals surface area contributed by atoms with Crippen LogP contribution in [0.2, 0.25) is 0 Å². The van der Waals surface area contributed by atoms with Crippen LogP contribution in [0.4, 0.5) is 5.69 Å². The summed E-state index contributed by atoms with van der Waals surface area (Å²) in [4.78, 5) is 23.9. The molecule has 0 saturated heterocycles. The zero-order valence-corrected chi connectivity index (χ0v) is 17.1. The molecule has 1 amide bonds. The molecule has 0 saturated carbocycles. The fourth-order valence-corrected chi connectivity index (χ4v) is 3.82. The monoisotopic (exact) mass is 403 g/mol. The number of carbonyl (C=O) groups excluding carboxylic acids is 2. The average Bonchev–Trinajstić information content (AvgIpc) is 2.61. The number of hydrogen-bond donors (Lipinski definition) is 1. The van der Waals surface area contributed by atoms with Gasteiger partial charge in [0, 0.05) is 5.69 Å². The standard InChI is InChI=1S/C21H25NO5S/c1-4-16-7-11-19(12-8-16)22-20(23)14-28(25,26)13-17-5-9-18(10-6-17)21(24)27-15(2)3/h5-12,15H,4,13-14H2,1-3H3,(H,22,23). The highest BCUT2D eigenvalue weighted by Gasteiger charge is 2.18. The molecule has 0 aromatic heterocycles. The second-order valence-electron chi connectivity index (χ2n) is 6.78. The van der Waals surface area contributed by atoms with Crippen LogP contribution >= 0.6 is 0 Å². The van der Waals surface area contributed by atoms with Crippen molar-refractivity contribution in [2.45, 2.75) is 39.0 Å². The Morgan fingerprint density at radius 1 is 0.964 bits per heavy atom. The van der Waals surface area contributed by atoms with Gasteiger partial charge >= 0.3 is 5.97 Å². The molecular formula is C21H25NO5S. The van der Waals surface area contributed by atoms with E-state index in [0.29, 0.717) is 16.8 Å². The summed E-state index contributed by atoms with van der Waals surface area (Å²) in [6.07, 6.45) is 0.653. The number of esters is 1. The summed E-state index contributed by atoms with van der Waals surface area (Å²) in [6, 6.07) is 13.4. The third-order valence-corrected chi connectivity index (χ3v) is 5.39. The number of ether oxygens (including phenoxy) is 1. The minimum Gasteiger partial charge on any atom is -0.459 e. The number of amides is 1. The Balaban J connectivity index is 1.95. The summed E-state index contributed by atoms with van der Waals surface area (Å²) in [6.45, 7) is 5.53. The van der Waals surface area contributed by atoms with Crippen LogP contribution in [-0.2, 0) is 31.5 Å². The predicted molar refractivity (Wildman–Crippen MR) is 109 cm³/mol. The van der Waals surface area contributed by atoms with Crippen molar-refractivity contribution < 1.29 is 22.7 Å². The summed E-state index contributed by atoms with van der Waals surface area (Å²) in [5, 5.41) is 2.60. The maximum Gasteiger partial charge on any atom is 0.338 e. The van der Waals surface area contributed by atoms with Crippen LogP contribution in [0.1, 0.15) is 42.3 Å². The molecule has 28 heavy (non-hydrogen) atoms. The first-order valence-corrected chi connectivity index (χ1v) is 10.9. The average molecular weight is 404 g/mol. The molecule has 0 unspecified atom stereocenters. The van der Waals surface area contributed by atoms with Gasteiger partial charge in [0.15, 0.2) is 9.84 Å². The molecule has 0 aliphatic rings. The van der Waals surface area contributed by atoms with Crippen LogP contribution in [0, 0.1) is 0 Å². The third kappa shape index (κ3) is 6.81. The van der Waals surface area contributed by atoms with Crippen LogP contribution in [0.15, 0.2) is 48.5 Å². The van der Waals surface area contributed by atoms with Gasteiger partial charge in [-0.3, -0.25) is 4.79 Å². The van der Waals surface area contributed by atoms with E-state index in [2.05, 4.69) is 5.32 Å². The van der Waals surface area contributed by atoms with E-state index in [1.54, 1.807) is 38.1 Å². The van der Waals surface area contributed by atoms with Crippen LogP contribution < -0.4 is 5.32 Å². The maximum atomic E-state index is 12.3. The summed E-state index contributed by atoms with van der Waals surface area (Å²) in [7, 11) is -3.65. The molecule has 0 fully saturated rings. The first kappa shape index (κ1) is 21.6. The number of rotatable bonds is 8. The number of aryl methyl sites for hydroxylation is 1. The van der Waals surface area contributed by atoms with Crippen molar-refractivity contribution in [3.63, 3.8) is 0 Å². The van der Waals surface area contributed by atoms with E-state index >= 15 is 0 Å². The number of sulfone groups is 1. The van der Waals surface area contributed by atoms with Crippen LogP contribution in [0.5, 0.6) is 0 Å². The molecular weight excluding hydrogens is 378 g/mol. The van der Waals surface area contributed by atoms with Gasteiger partial charge < -0.3 is 10.1 Å². The van der Waals surface area contributed by atoms with Gasteiger partial charge in [-0.25, -0.2) is 13.2 Å². The molecule has 0 heterocycles. The number of carbonyl (C=O) groups is 2. The summed E-state index contributed by atoms with van der Waals surface area (Å²) < 4.78 is 29.7. The Bertz CT molecular complexity index is 916. The third-order valence-electron chi connectivity index (χ3n) is 3.92. The first-order chi connectivity index (χ1) is 13.2. The Morgan fingerprint density at radius 3 is 2.07 bits per heavy atom. The molecule has 0 bridgehead atoms. The summed E-state index contributed by atoms with van der Waals surface area (Å²) in [5.74, 6) is -1.94. The topological polar surface area (TPSA) is 89.5 Å². The molecule has 0 spiro atoms. The van der Waals surface area contributed by atoms with E-state index in [1.807, 2.05) is 19.1 Å². The number of benzene rings is 2. The van der Waals surface area contributed by atoms with Gasteiger partial charge in [0.05, 0.1) is 17.4 Å². The first-order valence-electron chi connectivity index (χ1n) is 9.07. The Hall–Kier alpha value is -2.67. The molecule has 0 aliphatic heterocycles. The van der Waals surface area contributed by atoms with E-state index in [-0.39, 0.29) is 11.9 Å². The van der Waals surface area contributed by atoms with Crippen molar-refractivity contribution in [2.75, 3.05) is 11.1 Å². The van der Waals surface area contributed by atoms with Gasteiger partial charge in [0.2, 0.25) is 5.91 Å². The molecule has 150 valence electrons. The lowest BCUT2D eigenvalue weighted by atomic mass is 10.1. The van der Waals surface area contributed by atoms with Gasteiger partial charge in [0.1, 0.15) is 5.75 Å². The smallest absolute Gasteiger partial charge is 0.338 e. The second-order valence-corrected chi connectivity index (χ2v) is 8.85. The van der Waals surface area contributed by atoms with E-state index < -0.39 is 27.5 Å². The lowest BCUT2D eigenvalue weighted by Crippen LogP contribution is -2.24. The molecule has 0 aliphatic carbocycles. The Morgan fingerprint density at radius 2 is 1.54 bits per heavy atom. The molecule has 0 atom stereocenters. The minimum absolute atomic E-state index is 0.232. The molecule has 1 N–H and O–H groups in total. The second kappa shape index (κ2) is 9.50. The highest BCUT2D eigenvalue weighted by atomic mass is 32.2. The van der Waals surface area contributed by atoms with Gasteiger partial charge in [0.25, 0.3) is 0 Å². The van der Waals surface area contributed by atoms with Crippen LogP contribution in [0.3, 0.4) is 0 Å². The normalized spacial score (nSPS) is 11.3. The van der Waals surface area contributed by atoms with Gasteiger partial charge in [-0.1, -0.05) is 31.2 Å². The molecule has 2 rings (SSSR count). The zero-order chi connectivity index (χ0) is 20.7. The highest BCUT2D eigenvalue weighted by Crippen LogP contribution is 2.13. The Kier molecular flexibility index (Phi) is 7.34. The highest BCUT2D eigenvalue weighted by molar-refractivity contribution is 7.91. The number of anilines is 1. The van der Waals surface area contributed by atoms with Crippen molar-refractivity contribution >= 4 is 27.4 Å². The fraction of sp³-hybridized carbons (Fsp3) is 0.333. The van der Waals surface area contributed by atoms with Crippen molar-refractivity contribution in [1.29, 1.82) is 0 Å². The lowest BCUT2D eigenvalue weighted by molar-refractivity contribution is -0.113. The van der Waals surface area contributed by atoms with E-state index in [9.17, 15) is 18.0 Å². The number of hydrogen-bond acceptors (Lipinski definition) is 5. The molecule has 2 aromatic carbocycles. The van der Waals surface area contributed by atoms with Crippen molar-refractivity contribution in [3.05, 3.63) is 65.2 Å². The molecule has 0 radical (unpaired) electrons. The van der Waals surface area contributed by atoms with E-state index in [1.165, 1.54) is 12.1 Å². The molecule has 2 aromatic rings. The summed E-state index contributed by atoms with van der Waals surface area (Å²) in [5.41, 5.74) is 2.54. The minimum atomic E-state index is -3.65. The molecule has 7 heteroatoms. The number of nitrogens with one attached hydrogen (secondary N) is 1. The maximum absolute atomic E-state index is 12.3. The van der Waals surface area contributed by atoms with E-state index in [4.69, 9.17) is 4.74 Å². The van der Waals surface area contributed by atoms with Gasteiger partial charge in [-0.15, -0.1) is 0 Å². The fourth-order valence-electron chi connectivity index (χ4n) is 2.54. The van der Waals surface area contributed by atoms with Crippen LogP contribution in [-0.4, -0.2) is 32.2 Å². The molecule has 6 nitrogen and oxygen atoms in total.